The molecule has 0 aliphatic carbocycles. The number of nitrogens with zero attached hydrogens (tertiary/aromatic N) is 5. The van der Waals surface area contributed by atoms with Gasteiger partial charge in [-0.2, -0.15) is 0 Å². The second-order valence-corrected chi connectivity index (χ2v) is 34.4. The first-order valence-electron chi connectivity index (χ1n) is 44.0. The number of fused-ring (bicyclic) bond motifs is 4. The van der Waals surface area contributed by atoms with Crippen molar-refractivity contribution < 1.29 is 112 Å². The summed E-state index contributed by atoms with van der Waals surface area (Å²) >= 11 is 0.698. The fourth-order valence-corrected chi connectivity index (χ4v) is 17.1. The number of H-pyrrole nitrogens is 2. The highest BCUT2D eigenvalue weighted by Crippen LogP contribution is 2.30. The molecule has 15 atom stereocenters. The molecular weight excluding hydrogens is 1740 g/mol. The summed E-state index contributed by atoms with van der Waals surface area (Å²) in [5.74, 6) is -22.4. The normalized spacial score (nSPS) is 25.1. The Hall–Kier alpha value is -13.1. The molecule has 3 aromatic carbocycles. The van der Waals surface area contributed by atoms with Gasteiger partial charge in [0.2, 0.25) is 94.5 Å². The molecule has 3 aliphatic heterocycles. The van der Waals surface area contributed by atoms with Crippen LogP contribution in [0.15, 0.2) is 85.2 Å². The van der Waals surface area contributed by atoms with Crippen molar-refractivity contribution in [1.29, 1.82) is 0 Å². The average molecular weight is 1860 g/mol. The number of aromatic nitrogens is 2. The summed E-state index contributed by atoms with van der Waals surface area (Å²) in [6.45, 7) is 2.41. The highest BCUT2D eigenvalue weighted by Gasteiger charge is 2.47. The molecule has 5 heterocycles. The third-order valence-corrected chi connectivity index (χ3v) is 24.8. The van der Waals surface area contributed by atoms with Crippen LogP contribution in [0.3, 0.4) is 0 Å². The number of carbonyl (C=O) groups is 19. The van der Waals surface area contributed by atoms with E-state index in [1.807, 2.05) is 6.92 Å². The monoisotopic (exact) mass is 1860 g/mol. The lowest BCUT2D eigenvalue weighted by Gasteiger charge is -2.36. The molecule has 3 saturated heterocycles. The number of carboxylic acids is 2. The summed E-state index contributed by atoms with van der Waals surface area (Å²) in [5.41, 5.74) is 26.1. The van der Waals surface area contributed by atoms with Crippen molar-refractivity contribution in [2.24, 2.45) is 28.9 Å². The van der Waals surface area contributed by atoms with Crippen molar-refractivity contribution in [2.45, 2.75) is 227 Å². The number of nitrogens with one attached hydrogen (secondary N) is 11. The summed E-state index contributed by atoms with van der Waals surface area (Å²) in [4.78, 5) is 284. The van der Waals surface area contributed by atoms with Crippen molar-refractivity contribution in [3.05, 3.63) is 102 Å². The number of aliphatic hydroxyl groups excluding tert-OH is 1. The van der Waals surface area contributed by atoms with Crippen LogP contribution in [0.2, 0.25) is 0 Å². The predicted molar refractivity (Wildman–Crippen MR) is 479 cm³/mol. The molecule has 0 bridgehead atoms. The molecule has 0 spiro atoms. The average Bonchev–Trinajstić information content (AvgIpc) is 1.65. The lowest BCUT2D eigenvalue weighted by Crippen LogP contribution is -2.61. The summed E-state index contributed by atoms with van der Waals surface area (Å²) in [7, 11) is 3.80. The Labute approximate surface area is 765 Å². The van der Waals surface area contributed by atoms with E-state index < -0.39 is 279 Å². The zero-order chi connectivity index (χ0) is 96.9. The number of para-hydroxylation sites is 2. The SMILES string of the molecule is CCCC[C@H]1C(=O)N(C)[C@@H](CCCC)C(=O)N[C@@H](CCC(=O)O)C(=O)N[C@H](C(=O)NCC(N)=O)CSCC(=O)N[C@@H](Cc2ccc(O)cc2)C(=O)N(C)[C@@H](C)C(=O)N[C@@H](CC(N)=O)C(=O)N2CCC[C@H]2C(=O)N[C@@H](CN)C(=O)N[C@@H](CCC(=O)O)C(=O)N2C[C@H](O)C[C@H]2C(=O)C[C@@H](Cc2c[nH]c3ccccc23)C(=O)N[C@@H](CCN)C(=O)N[C@@H](Cc2c[nH]c3ccccc23)C(=O)N1C. The van der Waals surface area contributed by atoms with Gasteiger partial charge in [-0.1, -0.05) is 88.1 Å². The molecule has 132 heavy (non-hydrogen) atoms. The minimum atomic E-state index is -1.82. The van der Waals surface area contributed by atoms with Gasteiger partial charge in [0.25, 0.3) is 0 Å². The number of benzene rings is 3. The van der Waals surface area contributed by atoms with E-state index in [0.29, 0.717) is 69.5 Å². The van der Waals surface area contributed by atoms with Crippen LogP contribution in [0.4, 0.5) is 0 Å². The van der Waals surface area contributed by atoms with E-state index in [0.717, 1.165) is 24.5 Å². The van der Waals surface area contributed by atoms with E-state index in [1.165, 1.54) is 52.3 Å². The number of rotatable bonds is 26. The Kier molecular flexibility index (Phi) is 39.3. The van der Waals surface area contributed by atoms with Crippen molar-refractivity contribution in [1.82, 2.24) is 82.3 Å². The number of aliphatic carboxylic acids is 2. The number of primary amides is 2. The number of aromatic amines is 2. The molecule has 23 N–H and O–H groups in total. The van der Waals surface area contributed by atoms with Gasteiger partial charge in [0.15, 0.2) is 5.78 Å². The Morgan fingerprint density at radius 3 is 1.64 bits per heavy atom. The van der Waals surface area contributed by atoms with Crippen LogP contribution in [-0.2, 0) is 110 Å². The number of thioether (sulfide) groups is 1. The van der Waals surface area contributed by atoms with Crippen molar-refractivity contribution in [3.63, 3.8) is 0 Å². The standard InChI is InChI=1S/C88H122N20O23S/c1-7-9-20-66-82(125)98-58(27-29-74(115)116)79(122)103-65(78(121)95-43-72(92)113)45-132-46-73(114)96-61(34-48-23-25-52(109)26-24-48)84(127)104(4)47(3)76(119)100-63(39-71(91)112)87(130)107-33-15-22-67(107)83(126)102-64(40-90)81(124)99-60(28-30-75(117)118)86(129)108-44-53(110)38-69(108)70(111)37-49(35-50-41-93-56-18-13-11-16-54(50)56)77(120)97-59(31-32-89)80(123)101-62(36-51-42-94-57-19-14-12-17-55(51)57)85(128)106(6)68(21-10-8-2)88(131)105(66)5/h11-14,16-19,23-26,41-42,47,49,53,58-69,93-94,109-110H,7-10,15,20-22,27-40,43-46,89-90H2,1-6H3,(H2,91,112)(H2,92,113)(H,95,121)(H,96,114)(H,97,120)(H,98,125)(H,99,124)(H,100,119)(H,101,123)(H,102,126)(H,103,122)(H,115,116)(H,117,118)/t47-,49+,53+,58-,59-,60-,61-,62-,63-,64-,65-,66-,67-,68-,69-/m0/s1. The predicted octanol–water partition coefficient (Wildman–Crippen LogP) is -3.07. The molecule has 16 amide bonds. The fourth-order valence-electron chi connectivity index (χ4n) is 16.3. The number of phenols is 1. The fraction of sp³-hybridized carbons (Fsp3) is 0.534. The van der Waals surface area contributed by atoms with E-state index in [-0.39, 0.29) is 76.6 Å². The molecule has 3 aliphatic rings. The summed E-state index contributed by atoms with van der Waals surface area (Å²) in [6.07, 6.45) is -2.59. The first-order chi connectivity index (χ1) is 62.8. The van der Waals surface area contributed by atoms with Crippen LogP contribution in [0.5, 0.6) is 5.75 Å². The Morgan fingerprint density at radius 2 is 1.05 bits per heavy atom. The maximum Gasteiger partial charge on any atom is 0.303 e. The molecule has 8 rings (SSSR count). The number of phenolic OH excluding ortho intramolecular Hbond substituents is 1. The molecule has 2 aromatic heterocycles. The zero-order valence-corrected chi connectivity index (χ0v) is 75.4. The van der Waals surface area contributed by atoms with Crippen LogP contribution < -0.4 is 70.8 Å². The Balaban J connectivity index is 1.19. The minimum absolute atomic E-state index is 0.0337. The molecular formula is C88H122N20O23S. The summed E-state index contributed by atoms with van der Waals surface area (Å²) in [5, 5.41) is 65.7. The third-order valence-electron chi connectivity index (χ3n) is 23.7. The highest BCUT2D eigenvalue weighted by atomic mass is 32.2. The number of carbonyl (C=O) groups excluding carboxylic acids is 17. The van der Waals surface area contributed by atoms with E-state index in [9.17, 15) is 78.0 Å². The molecule has 43 nitrogen and oxygen atoms in total. The molecule has 718 valence electrons. The molecule has 0 radical (unpaired) electrons. The van der Waals surface area contributed by atoms with Gasteiger partial charge in [-0.3, -0.25) is 91.1 Å². The van der Waals surface area contributed by atoms with Crippen LogP contribution in [0.1, 0.15) is 140 Å². The van der Waals surface area contributed by atoms with E-state index in [1.54, 1.807) is 67.8 Å². The number of nitrogens with two attached hydrogens (primary N) is 4. The van der Waals surface area contributed by atoms with Gasteiger partial charge in [-0.25, -0.2) is 0 Å². The first-order valence-corrected chi connectivity index (χ1v) is 45.1. The summed E-state index contributed by atoms with van der Waals surface area (Å²) in [6, 6.07) is -1.51. The Morgan fingerprint density at radius 1 is 0.523 bits per heavy atom. The van der Waals surface area contributed by atoms with Crippen LogP contribution >= 0.6 is 11.8 Å². The number of carboxylic acid groups (broad SMARTS) is 2. The quantitative estimate of drug-likeness (QED) is 0.0261. The van der Waals surface area contributed by atoms with E-state index in [4.69, 9.17) is 22.9 Å². The highest BCUT2D eigenvalue weighted by molar-refractivity contribution is 8.00. The lowest BCUT2D eigenvalue weighted by molar-refractivity contribution is -0.149. The number of unbranched alkanes of at least 4 members (excludes halogenated alkanes) is 2. The number of Topliss-reactive ketones (excluding diaryl/α,β-unsaturated/α-hetero) is 1. The van der Waals surface area contributed by atoms with E-state index >= 15 is 33.6 Å². The van der Waals surface area contributed by atoms with Crippen molar-refractivity contribution in [3.8, 4) is 5.75 Å². The molecule has 0 unspecified atom stereocenters. The topological polar surface area (TPSA) is 665 Å². The van der Waals surface area contributed by atoms with Crippen LogP contribution in [0.25, 0.3) is 21.8 Å². The van der Waals surface area contributed by atoms with Gasteiger partial charge in [0, 0.05) is 125 Å². The molecule has 44 heteroatoms. The third kappa shape index (κ3) is 28.9. The molecule has 0 saturated carbocycles. The van der Waals surface area contributed by atoms with E-state index in [2.05, 4.69) is 57.8 Å². The van der Waals surface area contributed by atoms with Crippen molar-refractivity contribution >= 4 is 146 Å². The maximum atomic E-state index is 15.8. The number of hydrogen-bond acceptors (Lipinski definition) is 24. The molecule has 5 aromatic rings. The Bertz CT molecular complexity index is 5010. The largest absolute Gasteiger partial charge is 0.508 e. The number of aliphatic hydroxyl groups is 1. The number of ketones is 1. The van der Waals surface area contributed by atoms with Crippen molar-refractivity contribution in [2.75, 3.05) is 65.4 Å². The lowest BCUT2D eigenvalue weighted by atomic mass is 9.90. The van der Waals surface area contributed by atoms with Gasteiger partial charge in [0.1, 0.15) is 78.3 Å². The van der Waals surface area contributed by atoms with Gasteiger partial charge < -0.3 is 126 Å². The number of likely N-dealkylation sites (N-methyl/N-ethyl adjacent to an activating group) is 3. The molecule has 3 fully saturated rings. The number of hydrogen-bond donors (Lipinski definition) is 19. The first kappa shape index (κ1) is 104. The van der Waals surface area contributed by atoms with Gasteiger partial charge in [-0.15, -0.1) is 11.8 Å². The van der Waals surface area contributed by atoms with Crippen LogP contribution in [0, 0.1) is 5.92 Å². The second kappa shape index (κ2) is 49.8. The minimum Gasteiger partial charge on any atom is -0.508 e. The van der Waals surface area contributed by atoms with Gasteiger partial charge in [-0.05, 0) is 106 Å². The number of aromatic hydroxyl groups is 1. The maximum absolute atomic E-state index is 15.8. The second-order valence-electron chi connectivity index (χ2n) is 33.4. The van der Waals surface area contributed by atoms with Crippen LogP contribution in [-0.4, -0.2) is 317 Å². The zero-order valence-electron chi connectivity index (χ0n) is 74.6. The van der Waals surface area contributed by atoms with Gasteiger partial charge >= 0.3 is 11.9 Å². The summed E-state index contributed by atoms with van der Waals surface area (Å²) < 4.78 is 0. The smallest absolute Gasteiger partial charge is 0.303 e. The number of amides is 16. The van der Waals surface area contributed by atoms with Gasteiger partial charge in [0.05, 0.1) is 30.9 Å².